The number of carbonyl (C=O) groups excluding carboxylic acids is 1. The first-order chi connectivity index (χ1) is 15.6. The predicted molar refractivity (Wildman–Crippen MR) is 129 cm³/mol. The highest BCUT2D eigenvalue weighted by atomic mass is 32.2. The molecule has 1 aliphatic heterocycles. The summed E-state index contributed by atoms with van der Waals surface area (Å²) in [6, 6.07) is 14.0. The summed E-state index contributed by atoms with van der Waals surface area (Å²) in [4.78, 5) is 15.9. The second kappa shape index (κ2) is 7.65. The van der Waals surface area contributed by atoms with Crippen LogP contribution in [0.1, 0.15) is 64.9 Å². The highest BCUT2D eigenvalue weighted by Crippen LogP contribution is 2.50. The molecule has 2 aromatic rings. The molecular formula is C27H28N2O3S. The topological polar surface area (TPSA) is 78.2 Å². The maximum absolute atomic E-state index is 13.5. The van der Waals surface area contributed by atoms with Crippen molar-refractivity contribution in [2.24, 2.45) is 0 Å². The standard InChI is InChI=1S/C27H28N2O3S/c1-27(2)23-13-18(16-29-10-8-20(9-11-29)33(3,31)32)5-7-22(23)26(30)25-21-6-4-17(15-28)12-19(21)14-24(25)27/h4-7,12-13,20H,8-11,14,16H2,1-3H3. The van der Waals surface area contributed by atoms with Gasteiger partial charge in [-0.05, 0) is 72.3 Å². The molecule has 1 heterocycles. The Morgan fingerprint density at radius 1 is 1.09 bits per heavy atom. The van der Waals surface area contributed by atoms with Crippen molar-refractivity contribution in [2.75, 3.05) is 19.3 Å². The second-order valence-electron chi connectivity index (χ2n) is 10.2. The van der Waals surface area contributed by atoms with Gasteiger partial charge in [-0.2, -0.15) is 5.26 Å². The Morgan fingerprint density at radius 2 is 1.79 bits per heavy atom. The largest absolute Gasteiger partial charge is 0.299 e. The number of piperidine rings is 1. The molecule has 6 heteroatoms. The average molecular weight is 461 g/mol. The molecule has 0 bridgehead atoms. The third-order valence-electron chi connectivity index (χ3n) is 7.70. The maximum Gasteiger partial charge on any atom is 0.193 e. The van der Waals surface area contributed by atoms with Crippen LogP contribution in [0.5, 0.6) is 0 Å². The summed E-state index contributed by atoms with van der Waals surface area (Å²) in [5.74, 6) is 0.0725. The summed E-state index contributed by atoms with van der Waals surface area (Å²) >= 11 is 0. The molecular weight excluding hydrogens is 432 g/mol. The van der Waals surface area contributed by atoms with Gasteiger partial charge < -0.3 is 0 Å². The fourth-order valence-electron chi connectivity index (χ4n) is 5.74. The van der Waals surface area contributed by atoms with Gasteiger partial charge in [-0.1, -0.05) is 38.1 Å². The van der Waals surface area contributed by atoms with E-state index in [0.29, 0.717) is 24.8 Å². The molecule has 170 valence electrons. The number of hydrogen-bond donors (Lipinski definition) is 0. The normalized spacial score (nSPS) is 20.2. The lowest BCUT2D eigenvalue weighted by atomic mass is 9.68. The number of allylic oxidation sites excluding steroid dienone is 2. The van der Waals surface area contributed by atoms with Crippen LogP contribution in [0, 0.1) is 11.3 Å². The van der Waals surface area contributed by atoms with Gasteiger partial charge in [0.1, 0.15) is 9.84 Å². The smallest absolute Gasteiger partial charge is 0.193 e. The Hall–Kier alpha value is -2.75. The Bertz CT molecular complexity index is 1350. The molecule has 5 rings (SSSR count). The van der Waals surface area contributed by atoms with Crippen LogP contribution in [0.15, 0.2) is 42.0 Å². The number of rotatable bonds is 3. The summed E-state index contributed by atoms with van der Waals surface area (Å²) in [7, 11) is -2.98. The first-order valence-electron chi connectivity index (χ1n) is 11.5. The Balaban J connectivity index is 1.43. The van der Waals surface area contributed by atoms with Crippen molar-refractivity contribution in [1.82, 2.24) is 4.90 Å². The molecule has 0 saturated carbocycles. The van der Waals surface area contributed by atoms with E-state index in [4.69, 9.17) is 0 Å². The number of sulfone groups is 1. The van der Waals surface area contributed by atoms with Crippen LogP contribution in [0.25, 0.3) is 5.57 Å². The molecule has 0 spiro atoms. The third-order valence-corrected chi connectivity index (χ3v) is 9.38. The van der Waals surface area contributed by atoms with E-state index in [1.54, 1.807) is 6.07 Å². The van der Waals surface area contributed by atoms with Gasteiger partial charge >= 0.3 is 0 Å². The maximum atomic E-state index is 13.5. The molecule has 0 radical (unpaired) electrons. The minimum Gasteiger partial charge on any atom is -0.299 e. The van der Waals surface area contributed by atoms with Crippen LogP contribution in [0.4, 0.5) is 0 Å². The van der Waals surface area contributed by atoms with Crippen LogP contribution in [-0.2, 0) is 28.2 Å². The number of fused-ring (bicyclic) bond motifs is 3. The zero-order chi connectivity index (χ0) is 23.5. The number of nitriles is 1. The van der Waals surface area contributed by atoms with E-state index in [-0.39, 0.29) is 16.4 Å². The van der Waals surface area contributed by atoms with E-state index in [2.05, 4.69) is 30.9 Å². The molecule has 1 fully saturated rings. The number of benzene rings is 2. The van der Waals surface area contributed by atoms with E-state index in [9.17, 15) is 18.5 Å². The van der Waals surface area contributed by atoms with E-state index in [1.165, 1.54) is 6.26 Å². The van der Waals surface area contributed by atoms with Crippen molar-refractivity contribution >= 4 is 21.2 Å². The Labute approximate surface area is 195 Å². The second-order valence-corrected chi connectivity index (χ2v) is 12.5. The molecule has 0 amide bonds. The van der Waals surface area contributed by atoms with E-state index in [1.807, 2.05) is 24.3 Å². The van der Waals surface area contributed by atoms with Gasteiger partial charge in [0.2, 0.25) is 0 Å². The highest BCUT2D eigenvalue weighted by Gasteiger charge is 2.42. The van der Waals surface area contributed by atoms with Crippen LogP contribution in [-0.4, -0.2) is 43.7 Å². The number of nitrogens with zero attached hydrogens (tertiary/aromatic N) is 2. The molecule has 0 unspecified atom stereocenters. The lowest BCUT2D eigenvalue weighted by molar-refractivity contribution is 0.105. The SMILES string of the molecule is CC1(C)C2=C(C(=O)c3ccc(CN4CCC(S(C)(=O)=O)CC4)cc31)c1ccc(C#N)cc1C2. The van der Waals surface area contributed by atoms with Crippen molar-refractivity contribution in [3.05, 3.63) is 75.4 Å². The summed E-state index contributed by atoms with van der Waals surface area (Å²) in [6.07, 6.45) is 3.38. The van der Waals surface area contributed by atoms with Gasteiger partial charge in [-0.15, -0.1) is 0 Å². The molecule has 5 nitrogen and oxygen atoms in total. The van der Waals surface area contributed by atoms with Gasteiger partial charge in [0.25, 0.3) is 0 Å². The predicted octanol–water partition coefficient (Wildman–Crippen LogP) is 4.05. The third kappa shape index (κ3) is 3.64. The molecule has 33 heavy (non-hydrogen) atoms. The molecule has 3 aliphatic rings. The van der Waals surface area contributed by atoms with Gasteiger partial charge in [-0.3, -0.25) is 9.69 Å². The zero-order valence-corrected chi connectivity index (χ0v) is 20.1. The van der Waals surface area contributed by atoms with E-state index in [0.717, 1.165) is 58.6 Å². The van der Waals surface area contributed by atoms with Crippen LogP contribution < -0.4 is 0 Å². The fraction of sp³-hybridized carbons (Fsp3) is 0.407. The fourth-order valence-corrected chi connectivity index (χ4v) is 6.81. The Kier molecular flexibility index (Phi) is 5.11. The minimum atomic E-state index is -2.98. The molecule has 1 saturated heterocycles. The lowest BCUT2D eigenvalue weighted by Crippen LogP contribution is -2.38. The molecule has 2 aliphatic carbocycles. The van der Waals surface area contributed by atoms with Gasteiger partial charge in [0.15, 0.2) is 5.78 Å². The summed E-state index contributed by atoms with van der Waals surface area (Å²) in [6.45, 7) is 6.66. The summed E-state index contributed by atoms with van der Waals surface area (Å²) in [5.41, 5.74) is 7.27. The minimum absolute atomic E-state index is 0.0725. The van der Waals surface area contributed by atoms with Crippen molar-refractivity contribution < 1.29 is 13.2 Å². The summed E-state index contributed by atoms with van der Waals surface area (Å²) in [5, 5.41) is 9.05. The lowest BCUT2D eigenvalue weighted by Gasteiger charge is -2.35. The number of carbonyl (C=O) groups is 1. The van der Waals surface area contributed by atoms with E-state index >= 15 is 0 Å². The molecule has 0 aromatic heterocycles. The van der Waals surface area contributed by atoms with Gasteiger partial charge in [0.05, 0.1) is 16.9 Å². The first kappa shape index (κ1) is 22.1. The van der Waals surface area contributed by atoms with Gasteiger partial charge in [-0.25, -0.2) is 8.42 Å². The van der Waals surface area contributed by atoms with Crippen molar-refractivity contribution in [2.45, 2.75) is 50.3 Å². The van der Waals surface area contributed by atoms with Crippen LogP contribution in [0.2, 0.25) is 0 Å². The quantitative estimate of drug-likeness (QED) is 0.691. The monoisotopic (exact) mass is 460 g/mol. The zero-order valence-electron chi connectivity index (χ0n) is 19.3. The van der Waals surface area contributed by atoms with Crippen LogP contribution >= 0.6 is 0 Å². The van der Waals surface area contributed by atoms with Crippen molar-refractivity contribution in [3.63, 3.8) is 0 Å². The molecule has 0 N–H and O–H groups in total. The molecule has 2 aromatic carbocycles. The number of likely N-dealkylation sites (tertiary alicyclic amines) is 1. The first-order valence-corrected chi connectivity index (χ1v) is 13.4. The highest BCUT2D eigenvalue weighted by molar-refractivity contribution is 7.91. The Morgan fingerprint density at radius 3 is 2.45 bits per heavy atom. The van der Waals surface area contributed by atoms with Crippen LogP contribution in [0.3, 0.4) is 0 Å². The van der Waals surface area contributed by atoms with E-state index < -0.39 is 9.84 Å². The summed E-state index contributed by atoms with van der Waals surface area (Å²) < 4.78 is 23.7. The number of ketones is 1. The van der Waals surface area contributed by atoms with Crippen molar-refractivity contribution in [1.29, 1.82) is 5.26 Å². The van der Waals surface area contributed by atoms with Gasteiger partial charge in [0, 0.05) is 29.4 Å². The molecule has 0 atom stereocenters. The number of hydrogen-bond acceptors (Lipinski definition) is 5. The van der Waals surface area contributed by atoms with Crippen molar-refractivity contribution in [3.8, 4) is 6.07 Å². The average Bonchev–Trinajstić information content (AvgIpc) is 3.17. The number of Topliss-reactive ketones (excluding diaryl/α,β-unsaturated/α-hetero) is 1.